The third-order valence-corrected chi connectivity index (χ3v) is 3.92. The van der Waals surface area contributed by atoms with Gasteiger partial charge in [0.25, 0.3) is 0 Å². The van der Waals surface area contributed by atoms with Crippen molar-refractivity contribution in [3.63, 3.8) is 0 Å². The van der Waals surface area contributed by atoms with Gasteiger partial charge in [0.05, 0.1) is 5.60 Å². The van der Waals surface area contributed by atoms with Crippen molar-refractivity contribution in [2.75, 3.05) is 19.4 Å². The summed E-state index contributed by atoms with van der Waals surface area (Å²) in [5, 5.41) is 0. The lowest BCUT2D eigenvalue weighted by Crippen LogP contribution is -2.39. The third kappa shape index (κ3) is 3.66. The van der Waals surface area contributed by atoms with E-state index < -0.39 is 26.3 Å². The first kappa shape index (κ1) is 14.9. The molecule has 0 amide bonds. The number of methoxy groups -OCH3 is 1. The molecule has 0 unspecified atom stereocenters. The molecule has 0 aliphatic carbocycles. The predicted molar refractivity (Wildman–Crippen MR) is 67.1 cm³/mol. The second kappa shape index (κ2) is 5.21. The Hall–Kier alpha value is -1.18. The Kier molecular flexibility index (Phi) is 4.31. The Morgan fingerprint density at radius 1 is 1.44 bits per heavy atom. The van der Waals surface area contributed by atoms with Crippen molar-refractivity contribution < 1.29 is 17.5 Å². The second-order valence-electron chi connectivity index (χ2n) is 4.48. The summed E-state index contributed by atoms with van der Waals surface area (Å²) in [6.07, 6.45) is 0. The van der Waals surface area contributed by atoms with Crippen LogP contribution in [0.3, 0.4) is 0 Å². The van der Waals surface area contributed by atoms with Crippen molar-refractivity contribution in [3.05, 3.63) is 24.0 Å². The van der Waals surface area contributed by atoms with E-state index in [1.807, 2.05) is 0 Å². The topological polar surface area (TPSA) is 81.4 Å². The summed E-state index contributed by atoms with van der Waals surface area (Å²) >= 11 is 0. The molecule has 102 valence electrons. The van der Waals surface area contributed by atoms with Gasteiger partial charge in [0.1, 0.15) is 10.7 Å². The van der Waals surface area contributed by atoms with Crippen molar-refractivity contribution >= 4 is 15.7 Å². The van der Waals surface area contributed by atoms with E-state index in [1.165, 1.54) is 13.2 Å². The highest BCUT2D eigenvalue weighted by Gasteiger charge is 2.23. The number of hydrogen-bond acceptors (Lipinski definition) is 4. The molecule has 0 heterocycles. The molecule has 0 spiro atoms. The summed E-state index contributed by atoms with van der Waals surface area (Å²) < 4.78 is 44.6. The average molecular weight is 276 g/mol. The number of hydrogen-bond donors (Lipinski definition) is 2. The van der Waals surface area contributed by atoms with Gasteiger partial charge in [-0.15, -0.1) is 0 Å². The smallest absolute Gasteiger partial charge is 0.243 e. The molecule has 0 saturated carbocycles. The summed E-state index contributed by atoms with van der Waals surface area (Å²) in [5.41, 5.74) is 4.86. The van der Waals surface area contributed by atoms with Gasteiger partial charge in [-0.1, -0.05) is 0 Å². The van der Waals surface area contributed by atoms with Gasteiger partial charge in [-0.05, 0) is 32.0 Å². The monoisotopic (exact) mass is 276 g/mol. The van der Waals surface area contributed by atoms with E-state index in [0.29, 0.717) is 0 Å². The molecule has 1 aromatic rings. The molecule has 5 nitrogen and oxygen atoms in total. The summed E-state index contributed by atoms with van der Waals surface area (Å²) in [4.78, 5) is -0.427. The van der Waals surface area contributed by atoms with E-state index in [0.717, 1.165) is 12.1 Å². The zero-order chi connectivity index (χ0) is 14.0. The van der Waals surface area contributed by atoms with Gasteiger partial charge in [-0.25, -0.2) is 17.5 Å². The number of sulfonamides is 1. The maximum Gasteiger partial charge on any atom is 0.243 e. The summed E-state index contributed by atoms with van der Waals surface area (Å²) in [5.74, 6) is -0.877. The molecule has 7 heteroatoms. The SMILES string of the molecule is COC(C)(C)CNS(=O)(=O)c1ccc(N)cc1F. The fourth-order valence-electron chi connectivity index (χ4n) is 1.15. The molecule has 0 aliphatic rings. The highest BCUT2D eigenvalue weighted by atomic mass is 32.2. The standard InChI is InChI=1S/C11H17FN2O3S/c1-11(2,17-3)7-14-18(15,16)10-5-4-8(13)6-9(10)12/h4-6,14H,7,13H2,1-3H3. The van der Waals surface area contributed by atoms with Crippen LogP contribution < -0.4 is 10.5 Å². The van der Waals surface area contributed by atoms with E-state index in [1.54, 1.807) is 13.8 Å². The van der Waals surface area contributed by atoms with Crippen LogP contribution in [0.15, 0.2) is 23.1 Å². The van der Waals surface area contributed by atoms with Gasteiger partial charge in [0, 0.05) is 19.3 Å². The van der Waals surface area contributed by atoms with Crippen LogP contribution in [0.5, 0.6) is 0 Å². The first-order chi connectivity index (χ1) is 8.18. The van der Waals surface area contributed by atoms with Gasteiger partial charge >= 0.3 is 0 Å². The zero-order valence-corrected chi connectivity index (χ0v) is 11.3. The van der Waals surface area contributed by atoms with Crippen molar-refractivity contribution in [1.29, 1.82) is 0 Å². The van der Waals surface area contributed by atoms with Crippen molar-refractivity contribution in [2.45, 2.75) is 24.3 Å². The Bertz CT molecular complexity index is 529. The number of nitrogen functional groups attached to an aromatic ring is 1. The number of ether oxygens (including phenoxy) is 1. The Labute approximate surface area is 106 Å². The molecule has 0 atom stereocenters. The van der Waals surface area contributed by atoms with E-state index in [4.69, 9.17) is 10.5 Å². The van der Waals surface area contributed by atoms with Crippen LogP contribution in [-0.4, -0.2) is 27.7 Å². The van der Waals surface area contributed by atoms with E-state index in [-0.39, 0.29) is 12.2 Å². The number of nitrogens with one attached hydrogen (secondary N) is 1. The lowest BCUT2D eigenvalue weighted by Gasteiger charge is -2.23. The highest BCUT2D eigenvalue weighted by Crippen LogP contribution is 2.17. The van der Waals surface area contributed by atoms with Gasteiger partial charge in [-0.3, -0.25) is 0 Å². The lowest BCUT2D eigenvalue weighted by molar-refractivity contribution is 0.0276. The van der Waals surface area contributed by atoms with Crippen LogP contribution in [0.4, 0.5) is 10.1 Å². The molecule has 1 rings (SSSR count). The van der Waals surface area contributed by atoms with Crippen LogP contribution in [0.1, 0.15) is 13.8 Å². The molecule has 0 saturated heterocycles. The summed E-state index contributed by atoms with van der Waals surface area (Å²) in [6.45, 7) is 3.47. The molecule has 0 fully saturated rings. The largest absolute Gasteiger partial charge is 0.399 e. The van der Waals surface area contributed by atoms with Gasteiger partial charge < -0.3 is 10.5 Å². The van der Waals surface area contributed by atoms with E-state index >= 15 is 0 Å². The maximum atomic E-state index is 13.5. The van der Waals surface area contributed by atoms with Gasteiger partial charge in [0.2, 0.25) is 10.0 Å². The molecule has 0 bridgehead atoms. The number of nitrogens with two attached hydrogens (primary N) is 1. The quantitative estimate of drug-likeness (QED) is 0.789. The average Bonchev–Trinajstić information content (AvgIpc) is 2.26. The molecule has 18 heavy (non-hydrogen) atoms. The highest BCUT2D eigenvalue weighted by molar-refractivity contribution is 7.89. The molecule has 0 aliphatic heterocycles. The minimum Gasteiger partial charge on any atom is -0.399 e. The Morgan fingerprint density at radius 2 is 2.06 bits per heavy atom. The van der Waals surface area contributed by atoms with E-state index in [2.05, 4.69) is 4.72 Å². The van der Waals surface area contributed by atoms with Gasteiger partial charge in [0.15, 0.2) is 0 Å². The first-order valence-electron chi connectivity index (χ1n) is 5.28. The minimum absolute atomic E-state index is 0.0374. The Morgan fingerprint density at radius 3 is 2.56 bits per heavy atom. The second-order valence-corrected chi connectivity index (χ2v) is 6.21. The minimum atomic E-state index is -3.91. The van der Waals surface area contributed by atoms with Crippen LogP contribution in [-0.2, 0) is 14.8 Å². The third-order valence-electron chi connectivity index (χ3n) is 2.49. The number of anilines is 1. The van der Waals surface area contributed by atoms with Crippen molar-refractivity contribution in [2.24, 2.45) is 0 Å². The molecular weight excluding hydrogens is 259 g/mol. The predicted octanol–water partition coefficient (Wildman–Crippen LogP) is 1.11. The maximum absolute atomic E-state index is 13.5. The number of benzene rings is 1. The Balaban J connectivity index is 2.94. The fraction of sp³-hybridized carbons (Fsp3) is 0.455. The van der Waals surface area contributed by atoms with Crippen LogP contribution >= 0.6 is 0 Å². The van der Waals surface area contributed by atoms with Gasteiger partial charge in [-0.2, -0.15) is 0 Å². The lowest BCUT2D eigenvalue weighted by atomic mass is 10.1. The molecule has 0 aromatic heterocycles. The molecule has 1 aromatic carbocycles. The van der Waals surface area contributed by atoms with Crippen molar-refractivity contribution in [3.8, 4) is 0 Å². The number of halogens is 1. The summed E-state index contributed by atoms with van der Waals surface area (Å²) in [6, 6.07) is 3.43. The molecule has 0 radical (unpaired) electrons. The van der Waals surface area contributed by atoms with Crippen LogP contribution in [0.2, 0.25) is 0 Å². The zero-order valence-electron chi connectivity index (χ0n) is 10.5. The van der Waals surface area contributed by atoms with Crippen LogP contribution in [0, 0.1) is 5.82 Å². The van der Waals surface area contributed by atoms with E-state index in [9.17, 15) is 12.8 Å². The normalized spacial score (nSPS) is 12.7. The van der Waals surface area contributed by atoms with Crippen molar-refractivity contribution in [1.82, 2.24) is 4.72 Å². The molecule has 3 N–H and O–H groups in total. The molecular formula is C11H17FN2O3S. The summed E-state index contributed by atoms with van der Waals surface area (Å²) in [7, 11) is -2.44. The fourth-order valence-corrected chi connectivity index (χ4v) is 2.41. The first-order valence-corrected chi connectivity index (χ1v) is 6.76. The number of rotatable bonds is 5. The van der Waals surface area contributed by atoms with Crippen LogP contribution in [0.25, 0.3) is 0 Å².